The molecule has 9 nitrogen and oxygen atoms in total. The molecule has 248 valence electrons. The van der Waals surface area contributed by atoms with Crippen LogP contribution in [-0.4, -0.2) is 92.4 Å². The van der Waals surface area contributed by atoms with Crippen LogP contribution in [0.4, 0.5) is 18.0 Å². The average Bonchev–Trinajstić information content (AvgIpc) is 3.48. The van der Waals surface area contributed by atoms with Gasteiger partial charge in [-0.3, -0.25) is 0 Å². The third-order valence-corrected chi connectivity index (χ3v) is 9.57. The summed E-state index contributed by atoms with van der Waals surface area (Å²) in [6.07, 6.45) is 2.14. The van der Waals surface area contributed by atoms with Crippen molar-refractivity contribution in [3.63, 3.8) is 0 Å². The monoisotopic (exact) mass is 639 g/mol. The van der Waals surface area contributed by atoms with Crippen molar-refractivity contribution in [1.82, 2.24) is 29.6 Å². The van der Waals surface area contributed by atoms with Gasteiger partial charge in [0.15, 0.2) is 5.82 Å². The molecule has 0 spiro atoms. The summed E-state index contributed by atoms with van der Waals surface area (Å²) in [5.74, 6) is 7.59. The van der Waals surface area contributed by atoms with Crippen molar-refractivity contribution in [2.75, 3.05) is 39.3 Å². The van der Waals surface area contributed by atoms with Gasteiger partial charge in [0.25, 0.3) is 5.82 Å². The lowest BCUT2D eigenvalue weighted by Gasteiger charge is -2.41. The first kappa shape index (κ1) is 32.4. The van der Waals surface area contributed by atoms with Crippen LogP contribution in [0, 0.1) is 17.8 Å². The zero-order valence-electron chi connectivity index (χ0n) is 27.0. The predicted octanol–water partition coefficient (Wildman–Crippen LogP) is 5.75. The summed E-state index contributed by atoms with van der Waals surface area (Å²) in [6, 6.07) is 9.09. The summed E-state index contributed by atoms with van der Waals surface area (Å²) >= 11 is 0. The number of alkyl halides is 3. The molecular formula is C34H44F3N7O2. The number of hydrogen-bond acceptors (Lipinski definition) is 7. The summed E-state index contributed by atoms with van der Waals surface area (Å²) in [4.78, 5) is 18.9. The van der Waals surface area contributed by atoms with Crippen LogP contribution in [-0.2, 0) is 17.3 Å². The molecule has 12 heteroatoms. The van der Waals surface area contributed by atoms with E-state index < -0.39 is 17.6 Å². The molecule has 0 bridgehead atoms. The van der Waals surface area contributed by atoms with Crippen LogP contribution in [0.15, 0.2) is 29.4 Å². The van der Waals surface area contributed by atoms with Crippen LogP contribution in [0.25, 0.3) is 0 Å². The van der Waals surface area contributed by atoms with E-state index in [1.165, 1.54) is 5.56 Å². The Balaban J connectivity index is 0.945. The minimum atomic E-state index is -4.58. The minimum Gasteiger partial charge on any atom is -0.444 e. The molecule has 1 amide bonds. The molecule has 3 fully saturated rings. The molecule has 0 radical (unpaired) electrons. The number of amides is 1. The van der Waals surface area contributed by atoms with E-state index in [-0.39, 0.29) is 11.9 Å². The van der Waals surface area contributed by atoms with Gasteiger partial charge in [0, 0.05) is 56.5 Å². The van der Waals surface area contributed by atoms with Gasteiger partial charge < -0.3 is 19.4 Å². The zero-order chi connectivity index (χ0) is 32.5. The van der Waals surface area contributed by atoms with Gasteiger partial charge in [-0.05, 0) is 96.0 Å². The fraction of sp³-hybridized carbons (Fsp3) is 0.647. The number of aryl methyl sites for hydroxylation is 1. The molecular weight excluding hydrogens is 595 g/mol. The standard InChI is InChI=1S/C34H44F3N7O2/c1-33(2,3)46-32(45)43-22-16-28(17-23-43)41-18-12-25(13-19-41)5-4-24-6-8-26(9-7-24)27-14-20-42(21-15-27)30-11-10-29-38-39-31(34(35,36)37)44(29)40-30/h6-9,25,27-28H,10-23H2,1-3H3. The van der Waals surface area contributed by atoms with E-state index in [0.29, 0.717) is 36.6 Å². The molecule has 5 heterocycles. The van der Waals surface area contributed by atoms with Gasteiger partial charge in [-0.1, -0.05) is 24.0 Å². The first-order valence-corrected chi connectivity index (χ1v) is 16.6. The first-order valence-electron chi connectivity index (χ1n) is 16.6. The molecule has 0 N–H and O–H groups in total. The number of amidine groups is 1. The molecule has 4 aliphatic rings. The van der Waals surface area contributed by atoms with Gasteiger partial charge in [-0.15, -0.1) is 10.2 Å². The number of rotatable bonds is 2. The van der Waals surface area contributed by atoms with Gasteiger partial charge in [0.2, 0.25) is 0 Å². The van der Waals surface area contributed by atoms with Gasteiger partial charge in [0.1, 0.15) is 11.4 Å². The quantitative estimate of drug-likeness (QED) is 0.390. The molecule has 0 aliphatic carbocycles. The van der Waals surface area contributed by atoms with Crippen LogP contribution < -0.4 is 0 Å². The molecule has 1 aromatic heterocycles. The number of piperidine rings is 3. The number of benzene rings is 1. The van der Waals surface area contributed by atoms with Crippen molar-refractivity contribution < 1.29 is 22.7 Å². The second-order valence-corrected chi connectivity index (χ2v) is 13.9. The van der Waals surface area contributed by atoms with E-state index in [4.69, 9.17) is 4.74 Å². The number of ether oxygens (including phenoxy) is 1. The topological polar surface area (TPSA) is 79.1 Å². The normalized spacial score (nSPS) is 21.0. The Morgan fingerprint density at radius 2 is 1.54 bits per heavy atom. The van der Waals surface area contributed by atoms with Crippen molar-refractivity contribution in [3.8, 4) is 11.8 Å². The molecule has 46 heavy (non-hydrogen) atoms. The van der Waals surface area contributed by atoms with Crippen LogP contribution in [0.2, 0.25) is 0 Å². The van der Waals surface area contributed by atoms with Gasteiger partial charge in [0.05, 0.1) is 0 Å². The van der Waals surface area contributed by atoms with Crippen LogP contribution in [0.3, 0.4) is 0 Å². The number of carbonyl (C=O) groups is 1. The minimum absolute atomic E-state index is 0.204. The lowest BCUT2D eigenvalue weighted by Crippen LogP contribution is -2.49. The fourth-order valence-corrected chi connectivity index (χ4v) is 7.00. The van der Waals surface area contributed by atoms with E-state index in [9.17, 15) is 18.0 Å². The van der Waals surface area contributed by atoms with Crippen molar-refractivity contribution in [1.29, 1.82) is 0 Å². The summed E-state index contributed by atoms with van der Waals surface area (Å²) in [6.45, 7) is 10.8. The Morgan fingerprint density at radius 3 is 2.17 bits per heavy atom. The maximum atomic E-state index is 13.3. The third kappa shape index (κ3) is 7.68. The highest BCUT2D eigenvalue weighted by molar-refractivity contribution is 5.83. The number of likely N-dealkylation sites (tertiary alicyclic amines) is 3. The molecule has 0 atom stereocenters. The predicted molar refractivity (Wildman–Crippen MR) is 168 cm³/mol. The van der Waals surface area contributed by atoms with Crippen molar-refractivity contribution in [2.24, 2.45) is 11.0 Å². The number of nitrogens with zero attached hydrogens (tertiary/aromatic N) is 7. The third-order valence-electron chi connectivity index (χ3n) is 9.57. The van der Waals surface area contributed by atoms with E-state index in [2.05, 4.69) is 61.2 Å². The molecule has 1 aromatic carbocycles. The van der Waals surface area contributed by atoms with Gasteiger partial charge >= 0.3 is 12.3 Å². The maximum Gasteiger partial charge on any atom is 0.453 e. The Kier molecular flexibility index (Phi) is 9.33. The lowest BCUT2D eigenvalue weighted by atomic mass is 9.88. The zero-order valence-corrected chi connectivity index (χ0v) is 27.0. The Morgan fingerprint density at radius 1 is 0.870 bits per heavy atom. The van der Waals surface area contributed by atoms with E-state index in [1.54, 1.807) is 0 Å². The molecule has 4 aliphatic heterocycles. The van der Waals surface area contributed by atoms with E-state index in [1.807, 2.05) is 25.7 Å². The number of carbonyl (C=O) groups excluding carboxylic acids is 1. The molecule has 3 saturated heterocycles. The van der Waals surface area contributed by atoms with Crippen molar-refractivity contribution in [2.45, 2.75) is 95.9 Å². The molecule has 6 rings (SSSR count). The Bertz CT molecular complexity index is 1460. The largest absolute Gasteiger partial charge is 0.453 e. The number of hydrogen-bond donors (Lipinski definition) is 0. The van der Waals surface area contributed by atoms with Crippen LogP contribution >= 0.6 is 0 Å². The SMILES string of the molecule is CC(C)(C)OC(=O)N1CCC(N2CCC(C#Cc3ccc(C4CCN(C5=Nn6c(nnc6C(F)(F)F)CC5)CC4)cc3)CC2)CC1. The molecule has 0 unspecified atom stereocenters. The lowest BCUT2D eigenvalue weighted by molar-refractivity contribution is -0.147. The number of aromatic nitrogens is 3. The van der Waals surface area contributed by atoms with Crippen molar-refractivity contribution in [3.05, 3.63) is 47.0 Å². The van der Waals surface area contributed by atoms with Crippen LogP contribution in [0.5, 0.6) is 0 Å². The van der Waals surface area contributed by atoms with E-state index in [0.717, 1.165) is 88.0 Å². The highest BCUT2D eigenvalue weighted by atomic mass is 19.4. The maximum absolute atomic E-state index is 13.3. The molecule has 2 aromatic rings. The van der Waals surface area contributed by atoms with E-state index >= 15 is 0 Å². The van der Waals surface area contributed by atoms with Gasteiger partial charge in [-0.2, -0.15) is 22.9 Å². The Labute approximate surface area is 269 Å². The summed E-state index contributed by atoms with van der Waals surface area (Å²) in [5.41, 5.74) is 1.84. The average molecular weight is 640 g/mol. The van der Waals surface area contributed by atoms with Gasteiger partial charge in [-0.25, -0.2) is 4.79 Å². The number of fused-ring (bicyclic) bond motifs is 1. The summed E-state index contributed by atoms with van der Waals surface area (Å²) in [7, 11) is 0. The summed E-state index contributed by atoms with van der Waals surface area (Å²) in [5, 5.41) is 11.3. The highest BCUT2D eigenvalue weighted by Crippen LogP contribution is 2.32. The smallest absolute Gasteiger partial charge is 0.444 e. The first-order chi connectivity index (χ1) is 21.9. The van der Waals surface area contributed by atoms with Crippen LogP contribution in [0.1, 0.15) is 94.4 Å². The highest BCUT2D eigenvalue weighted by Gasteiger charge is 2.40. The number of halogens is 3. The van der Waals surface area contributed by atoms with Crippen molar-refractivity contribution >= 4 is 11.9 Å². The Hall–Kier alpha value is -3.59. The molecule has 0 saturated carbocycles. The fourth-order valence-electron chi connectivity index (χ4n) is 7.00. The second-order valence-electron chi connectivity index (χ2n) is 13.9. The second kappa shape index (κ2) is 13.3. The summed E-state index contributed by atoms with van der Waals surface area (Å²) < 4.78 is 46.3.